The maximum absolute atomic E-state index is 11.3. The summed E-state index contributed by atoms with van der Waals surface area (Å²) in [6, 6.07) is 10.6. The molecule has 0 saturated heterocycles. The van der Waals surface area contributed by atoms with Gasteiger partial charge < -0.3 is 10.2 Å². The van der Waals surface area contributed by atoms with Crippen LogP contribution >= 0.6 is 0 Å². The highest BCUT2D eigenvalue weighted by molar-refractivity contribution is 5.59. The van der Waals surface area contributed by atoms with E-state index in [0.29, 0.717) is 24.0 Å². The Hall–Kier alpha value is -3.49. The average molecular weight is 386 g/mol. The van der Waals surface area contributed by atoms with E-state index in [4.69, 9.17) is 0 Å². The molecular weight excluding hydrogens is 364 g/mol. The number of nitrogens with zero attached hydrogens (tertiary/aromatic N) is 4. The van der Waals surface area contributed by atoms with Gasteiger partial charge in [0.05, 0.1) is 13.1 Å². The van der Waals surface area contributed by atoms with Crippen molar-refractivity contribution in [2.45, 2.75) is 39.8 Å². The van der Waals surface area contributed by atoms with Crippen molar-refractivity contribution in [2.24, 2.45) is 20.8 Å². The maximum Gasteiger partial charge on any atom is 0.565 e. The van der Waals surface area contributed by atoms with E-state index < -0.39 is 6.16 Å². The fourth-order valence-corrected chi connectivity index (χ4v) is 2.47. The van der Waals surface area contributed by atoms with Crippen LogP contribution in [0.2, 0.25) is 0 Å². The predicted octanol–water partition coefficient (Wildman–Crippen LogP) is 4.81. The zero-order valence-corrected chi connectivity index (χ0v) is 15.7. The molecular formula is C19H22N4O5. The molecule has 9 nitrogen and oxygen atoms in total. The largest absolute Gasteiger partial charge is 0.565 e. The van der Waals surface area contributed by atoms with Crippen LogP contribution in [0.5, 0.6) is 11.5 Å². The highest BCUT2D eigenvalue weighted by Gasteiger charge is 2.07. The van der Waals surface area contributed by atoms with E-state index in [1.807, 2.05) is 26.0 Å². The minimum absolute atomic E-state index is 0.0432. The number of aryl methyl sites for hydroxylation is 2. The molecule has 0 aliphatic carbocycles. The molecule has 148 valence electrons. The lowest BCUT2D eigenvalue weighted by Gasteiger charge is -2.05. The summed E-state index contributed by atoms with van der Waals surface area (Å²) in [7, 11) is 0. The van der Waals surface area contributed by atoms with E-state index in [0.717, 1.165) is 11.1 Å². The Labute approximate surface area is 162 Å². The van der Waals surface area contributed by atoms with Crippen LogP contribution in [0.1, 0.15) is 36.1 Å². The minimum Gasteiger partial charge on any atom is -0.507 e. The van der Waals surface area contributed by atoms with Crippen molar-refractivity contribution in [2.75, 3.05) is 0 Å². The Balaban J connectivity index is 1.77. The molecule has 0 spiro atoms. The number of aromatic hydroxyl groups is 2. The lowest BCUT2D eigenvalue weighted by molar-refractivity contribution is 0.0455. The SMILES string of the molecule is CCc1cccc(CN=NOC(=O)ON=NCc2cccc(CC)c2O)c1O. The first-order valence-corrected chi connectivity index (χ1v) is 8.77. The van der Waals surface area contributed by atoms with E-state index in [2.05, 4.69) is 30.5 Å². The summed E-state index contributed by atoms with van der Waals surface area (Å²) in [5, 5.41) is 33.8. The van der Waals surface area contributed by atoms with E-state index in [-0.39, 0.29) is 24.6 Å². The molecule has 0 aliphatic rings. The number of phenolic OH excluding ortho intramolecular Hbond substituents is 2. The van der Waals surface area contributed by atoms with Gasteiger partial charge in [0.2, 0.25) is 0 Å². The van der Waals surface area contributed by atoms with E-state index in [9.17, 15) is 15.0 Å². The van der Waals surface area contributed by atoms with Gasteiger partial charge in [-0.05, 0) is 24.0 Å². The van der Waals surface area contributed by atoms with Crippen LogP contribution in [0, 0.1) is 0 Å². The third kappa shape index (κ3) is 5.76. The van der Waals surface area contributed by atoms with E-state index in [1.54, 1.807) is 24.3 Å². The van der Waals surface area contributed by atoms with Crippen molar-refractivity contribution in [3.05, 3.63) is 58.7 Å². The molecule has 0 bridgehead atoms. The molecule has 2 rings (SSSR count). The second kappa shape index (κ2) is 10.6. The highest BCUT2D eigenvalue weighted by Crippen LogP contribution is 2.24. The van der Waals surface area contributed by atoms with Crippen molar-refractivity contribution < 1.29 is 24.7 Å². The zero-order valence-electron chi connectivity index (χ0n) is 15.7. The molecule has 2 N–H and O–H groups in total. The molecule has 0 heterocycles. The first-order chi connectivity index (χ1) is 13.6. The Morgan fingerprint density at radius 3 is 1.57 bits per heavy atom. The Bertz CT molecular complexity index is 798. The maximum atomic E-state index is 11.3. The molecule has 0 fully saturated rings. The number of para-hydroxylation sites is 2. The number of benzene rings is 2. The first kappa shape index (κ1) is 20.8. The van der Waals surface area contributed by atoms with Crippen molar-refractivity contribution in [3.63, 3.8) is 0 Å². The van der Waals surface area contributed by atoms with Crippen molar-refractivity contribution in [1.82, 2.24) is 0 Å². The topological polar surface area (TPSA) is 125 Å². The lowest BCUT2D eigenvalue weighted by atomic mass is 10.1. The summed E-state index contributed by atoms with van der Waals surface area (Å²) in [6.45, 7) is 3.94. The third-order valence-electron chi connectivity index (χ3n) is 4.00. The van der Waals surface area contributed by atoms with Crippen molar-refractivity contribution in [1.29, 1.82) is 0 Å². The van der Waals surface area contributed by atoms with E-state index >= 15 is 0 Å². The van der Waals surface area contributed by atoms with Gasteiger partial charge in [0, 0.05) is 21.7 Å². The summed E-state index contributed by atoms with van der Waals surface area (Å²) in [6.07, 6.45) is 0.168. The molecule has 0 unspecified atom stereocenters. The molecule has 0 saturated carbocycles. The van der Waals surface area contributed by atoms with Gasteiger partial charge in [0.1, 0.15) is 11.5 Å². The quantitative estimate of drug-likeness (QED) is 0.497. The Morgan fingerprint density at radius 2 is 1.18 bits per heavy atom. The van der Waals surface area contributed by atoms with Gasteiger partial charge in [-0.2, -0.15) is 4.79 Å². The minimum atomic E-state index is -1.20. The van der Waals surface area contributed by atoms with Crippen LogP contribution in [0.4, 0.5) is 4.79 Å². The van der Waals surface area contributed by atoms with Gasteiger partial charge in [-0.25, -0.2) is 0 Å². The van der Waals surface area contributed by atoms with Crippen LogP contribution in [0.25, 0.3) is 0 Å². The van der Waals surface area contributed by atoms with Crippen molar-refractivity contribution >= 4 is 6.16 Å². The van der Waals surface area contributed by atoms with Gasteiger partial charge in [0.15, 0.2) is 0 Å². The fraction of sp³-hybridized carbons (Fsp3) is 0.316. The average Bonchev–Trinajstić information content (AvgIpc) is 2.70. The Morgan fingerprint density at radius 1 is 0.786 bits per heavy atom. The number of rotatable bonds is 8. The molecule has 2 aromatic rings. The Kier molecular flexibility index (Phi) is 7.89. The second-order valence-corrected chi connectivity index (χ2v) is 5.75. The van der Waals surface area contributed by atoms with Gasteiger partial charge in [-0.3, -0.25) is 9.68 Å². The molecule has 0 aromatic heterocycles. The van der Waals surface area contributed by atoms with Gasteiger partial charge >= 0.3 is 6.16 Å². The third-order valence-corrected chi connectivity index (χ3v) is 4.00. The summed E-state index contributed by atoms with van der Waals surface area (Å²) < 4.78 is 0. The van der Waals surface area contributed by atoms with E-state index in [1.165, 1.54) is 0 Å². The number of carbonyl (C=O) groups excluding carboxylic acids is 1. The van der Waals surface area contributed by atoms with Crippen LogP contribution < -0.4 is 0 Å². The molecule has 9 heteroatoms. The zero-order chi connectivity index (χ0) is 20.4. The summed E-state index contributed by atoms with van der Waals surface area (Å²) in [5.74, 6) is 0.298. The van der Waals surface area contributed by atoms with Gasteiger partial charge in [-0.1, -0.05) is 50.2 Å². The number of hydrogen-bond donors (Lipinski definition) is 2. The molecule has 28 heavy (non-hydrogen) atoms. The molecule has 0 amide bonds. The lowest BCUT2D eigenvalue weighted by Crippen LogP contribution is -1.98. The molecule has 0 radical (unpaired) electrons. The number of hydrogen-bond acceptors (Lipinski definition) is 9. The molecule has 0 atom stereocenters. The predicted molar refractivity (Wildman–Crippen MR) is 99.7 cm³/mol. The molecule has 2 aromatic carbocycles. The van der Waals surface area contributed by atoms with Crippen LogP contribution in [0.3, 0.4) is 0 Å². The standard InChI is InChI=1S/C19H22N4O5/c1-3-13-7-5-9-15(17(13)24)11-20-22-27-19(26)28-23-21-12-16-10-6-8-14(4-2)18(16)25/h5-10,24-25H,3-4,11-12H2,1-2H3. The smallest absolute Gasteiger partial charge is 0.507 e. The summed E-state index contributed by atoms with van der Waals surface area (Å²) >= 11 is 0. The summed E-state index contributed by atoms with van der Waals surface area (Å²) in [4.78, 5) is 20.1. The monoisotopic (exact) mass is 386 g/mol. The summed E-state index contributed by atoms with van der Waals surface area (Å²) in [5.41, 5.74) is 2.72. The van der Waals surface area contributed by atoms with Crippen LogP contribution in [0.15, 0.2) is 57.2 Å². The number of phenols is 2. The van der Waals surface area contributed by atoms with Crippen LogP contribution in [-0.4, -0.2) is 16.4 Å². The van der Waals surface area contributed by atoms with Gasteiger partial charge in [-0.15, -0.1) is 10.2 Å². The first-order valence-electron chi connectivity index (χ1n) is 8.77. The highest BCUT2D eigenvalue weighted by atomic mass is 16.9. The van der Waals surface area contributed by atoms with Crippen molar-refractivity contribution in [3.8, 4) is 11.5 Å². The van der Waals surface area contributed by atoms with Gasteiger partial charge in [0.25, 0.3) is 0 Å². The number of carbonyl (C=O) groups is 1. The fourth-order valence-electron chi connectivity index (χ4n) is 2.47. The molecule has 0 aliphatic heterocycles. The second-order valence-electron chi connectivity index (χ2n) is 5.75. The normalized spacial score (nSPS) is 11.2. The van der Waals surface area contributed by atoms with Crippen LogP contribution in [-0.2, 0) is 35.6 Å².